The van der Waals surface area contributed by atoms with E-state index in [9.17, 15) is 14.7 Å². The van der Waals surface area contributed by atoms with E-state index >= 15 is 0 Å². The van der Waals surface area contributed by atoms with Crippen LogP contribution in [0.5, 0.6) is 11.5 Å². The van der Waals surface area contributed by atoms with Gasteiger partial charge in [0.1, 0.15) is 11.5 Å². The van der Waals surface area contributed by atoms with Crippen LogP contribution in [-0.2, 0) is 4.79 Å². The molecule has 0 radical (unpaired) electrons. The molecule has 0 saturated carbocycles. The Morgan fingerprint density at radius 2 is 1.79 bits per heavy atom. The van der Waals surface area contributed by atoms with Crippen LogP contribution in [0.15, 0.2) is 30.3 Å². The highest BCUT2D eigenvalue weighted by Crippen LogP contribution is 2.26. The van der Waals surface area contributed by atoms with Crippen molar-refractivity contribution < 1.29 is 24.5 Å². The second-order valence-corrected chi connectivity index (χ2v) is 5.62. The molecule has 6 nitrogen and oxygen atoms in total. The number of phenols is 1. The normalized spacial score (nSPS) is 10.3. The number of rotatable bonds is 5. The van der Waals surface area contributed by atoms with Gasteiger partial charge in [-0.2, -0.15) is 0 Å². The third-order valence-electron chi connectivity index (χ3n) is 3.29. The van der Waals surface area contributed by atoms with Gasteiger partial charge in [-0.05, 0) is 55.3 Å². The second-order valence-electron chi connectivity index (χ2n) is 5.24. The SMILES string of the molecule is Cc1cc(OCC(=O)Nc2ccc(O)cc2C(=O)O)cc(C)c1Cl. The largest absolute Gasteiger partial charge is 0.508 e. The summed E-state index contributed by atoms with van der Waals surface area (Å²) in [4.78, 5) is 23.1. The zero-order valence-corrected chi connectivity index (χ0v) is 13.8. The number of carbonyl (C=O) groups is 2. The maximum atomic E-state index is 12.0. The summed E-state index contributed by atoms with van der Waals surface area (Å²) in [5, 5.41) is 21.5. The number of aryl methyl sites for hydroxylation is 2. The van der Waals surface area contributed by atoms with Crippen LogP contribution in [0.3, 0.4) is 0 Å². The fourth-order valence-electron chi connectivity index (χ4n) is 2.14. The standard InChI is InChI=1S/C17H16ClNO5/c1-9-5-12(6-10(2)16(9)18)24-8-15(21)19-14-4-3-11(20)7-13(14)17(22)23/h3-7,20H,8H2,1-2H3,(H,19,21)(H,22,23). The van der Waals surface area contributed by atoms with Crippen molar-refractivity contribution in [2.45, 2.75) is 13.8 Å². The van der Waals surface area contributed by atoms with E-state index in [-0.39, 0.29) is 23.6 Å². The number of anilines is 1. The smallest absolute Gasteiger partial charge is 0.337 e. The Labute approximate surface area is 143 Å². The van der Waals surface area contributed by atoms with E-state index in [0.717, 1.165) is 17.2 Å². The molecule has 3 N–H and O–H groups in total. The molecule has 0 heterocycles. The molecule has 0 aliphatic rings. The maximum absolute atomic E-state index is 12.0. The van der Waals surface area contributed by atoms with Crippen molar-refractivity contribution in [1.29, 1.82) is 0 Å². The highest BCUT2D eigenvalue weighted by Gasteiger charge is 2.14. The third-order valence-corrected chi connectivity index (χ3v) is 3.88. The summed E-state index contributed by atoms with van der Waals surface area (Å²) in [6.45, 7) is 3.37. The first-order chi connectivity index (χ1) is 11.3. The van der Waals surface area contributed by atoms with E-state index in [2.05, 4.69) is 5.32 Å². The van der Waals surface area contributed by atoms with Crippen LogP contribution in [0.2, 0.25) is 5.02 Å². The summed E-state index contributed by atoms with van der Waals surface area (Å²) < 4.78 is 5.41. The summed E-state index contributed by atoms with van der Waals surface area (Å²) in [7, 11) is 0. The molecular weight excluding hydrogens is 334 g/mol. The summed E-state index contributed by atoms with van der Waals surface area (Å²) in [6.07, 6.45) is 0. The Morgan fingerprint density at radius 3 is 2.38 bits per heavy atom. The van der Waals surface area contributed by atoms with Gasteiger partial charge in [0.15, 0.2) is 6.61 Å². The molecule has 24 heavy (non-hydrogen) atoms. The molecule has 0 atom stereocenters. The number of benzene rings is 2. The Bertz CT molecular complexity index is 781. The van der Waals surface area contributed by atoms with E-state index in [1.54, 1.807) is 12.1 Å². The fraction of sp³-hybridized carbons (Fsp3) is 0.176. The van der Waals surface area contributed by atoms with Crippen LogP contribution < -0.4 is 10.1 Å². The highest BCUT2D eigenvalue weighted by molar-refractivity contribution is 6.32. The minimum Gasteiger partial charge on any atom is -0.508 e. The van der Waals surface area contributed by atoms with Crippen LogP contribution in [0.4, 0.5) is 5.69 Å². The molecule has 0 unspecified atom stereocenters. The lowest BCUT2D eigenvalue weighted by Gasteiger charge is -2.11. The number of hydrogen-bond acceptors (Lipinski definition) is 4. The number of carboxylic acids is 1. The number of amides is 1. The van der Waals surface area contributed by atoms with Crippen molar-refractivity contribution in [3.05, 3.63) is 52.0 Å². The minimum atomic E-state index is -1.26. The quantitative estimate of drug-likeness (QED) is 0.719. The fourth-order valence-corrected chi connectivity index (χ4v) is 2.25. The number of hydrogen-bond donors (Lipinski definition) is 3. The zero-order chi connectivity index (χ0) is 17.9. The summed E-state index contributed by atoms with van der Waals surface area (Å²) in [5.41, 5.74) is 1.54. The Balaban J connectivity index is 2.06. The molecule has 7 heteroatoms. The summed E-state index contributed by atoms with van der Waals surface area (Å²) >= 11 is 6.07. The van der Waals surface area contributed by atoms with Gasteiger partial charge in [-0.3, -0.25) is 4.79 Å². The monoisotopic (exact) mass is 349 g/mol. The van der Waals surface area contributed by atoms with Crippen molar-refractivity contribution in [1.82, 2.24) is 0 Å². The molecule has 2 rings (SSSR count). The first-order valence-corrected chi connectivity index (χ1v) is 7.41. The van der Waals surface area contributed by atoms with Crippen LogP contribution in [0, 0.1) is 13.8 Å². The summed E-state index contributed by atoms with van der Waals surface area (Å²) in [5.74, 6) is -1.48. The molecule has 0 saturated heterocycles. The van der Waals surface area contributed by atoms with Gasteiger partial charge >= 0.3 is 5.97 Å². The van der Waals surface area contributed by atoms with Gasteiger partial charge in [0, 0.05) is 5.02 Å². The van der Waals surface area contributed by atoms with Crippen LogP contribution in [0.1, 0.15) is 21.5 Å². The van der Waals surface area contributed by atoms with Crippen LogP contribution in [-0.4, -0.2) is 28.7 Å². The summed E-state index contributed by atoms with van der Waals surface area (Å²) in [6, 6.07) is 7.09. The molecule has 0 aromatic heterocycles. The first-order valence-electron chi connectivity index (χ1n) is 7.03. The predicted octanol–water partition coefficient (Wildman–Crippen LogP) is 3.38. The number of ether oxygens (including phenoxy) is 1. The van der Waals surface area contributed by atoms with Crippen LogP contribution >= 0.6 is 11.6 Å². The first kappa shape index (κ1) is 17.6. The lowest BCUT2D eigenvalue weighted by atomic mass is 10.1. The van der Waals surface area contributed by atoms with Gasteiger partial charge < -0.3 is 20.3 Å². The molecule has 0 aliphatic heterocycles. The number of halogens is 1. The van der Waals surface area contributed by atoms with Gasteiger partial charge in [-0.25, -0.2) is 4.79 Å². The lowest BCUT2D eigenvalue weighted by molar-refractivity contribution is -0.118. The number of nitrogens with one attached hydrogen (secondary N) is 1. The zero-order valence-electron chi connectivity index (χ0n) is 13.1. The molecule has 0 spiro atoms. The number of aromatic carboxylic acids is 1. The van der Waals surface area contributed by atoms with Gasteiger partial charge in [-0.1, -0.05) is 11.6 Å². The van der Waals surface area contributed by atoms with Crippen molar-refractivity contribution in [3.63, 3.8) is 0 Å². The Kier molecular flexibility index (Phi) is 5.31. The molecule has 2 aromatic carbocycles. The highest BCUT2D eigenvalue weighted by atomic mass is 35.5. The van der Waals surface area contributed by atoms with Crippen molar-refractivity contribution in [2.75, 3.05) is 11.9 Å². The number of aromatic hydroxyl groups is 1. The Hall–Kier alpha value is -2.73. The topological polar surface area (TPSA) is 95.9 Å². The third kappa shape index (κ3) is 4.17. The molecule has 1 amide bonds. The minimum absolute atomic E-state index is 0.0809. The molecule has 0 fully saturated rings. The average molecular weight is 350 g/mol. The molecule has 126 valence electrons. The lowest BCUT2D eigenvalue weighted by Crippen LogP contribution is -2.21. The Morgan fingerprint density at radius 1 is 1.17 bits per heavy atom. The number of phenolic OH excluding ortho intramolecular Hbond substituents is 1. The van der Waals surface area contributed by atoms with Crippen molar-refractivity contribution in [3.8, 4) is 11.5 Å². The van der Waals surface area contributed by atoms with Gasteiger partial charge in [0.05, 0.1) is 11.3 Å². The van der Waals surface area contributed by atoms with E-state index in [1.165, 1.54) is 12.1 Å². The van der Waals surface area contributed by atoms with E-state index in [0.29, 0.717) is 10.8 Å². The molecule has 0 bridgehead atoms. The molecular formula is C17H16ClNO5. The second kappa shape index (κ2) is 7.23. The maximum Gasteiger partial charge on any atom is 0.337 e. The van der Waals surface area contributed by atoms with Crippen LogP contribution in [0.25, 0.3) is 0 Å². The van der Waals surface area contributed by atoms with Crippen molar-refractivity contribution in [2.24, 2.45) is 0 Å². The van der Waals surface area contributed by atoms with E-state index < -0.39 is 11.9 Å². The number of carboxylic acid groups (broad SMARTS) is 1. The van der Waals surface area contributed by atoms with Gasteiger partial charge in [0.25, 0.3) is 5.91 Å². The van der Waals surface area contributed by atoms with Crippen molar-refractivity contribution >= 4 is 29.2 Å². The molecule has 0 aliphatic carbocycles. The van der Waals surface area contributed by atoms with Gasteiger partial charge in [-0.15, -0.1) is 0 Å². The van der Waals surface area contributed by atoms with E-state index in [1.807, 2.05) is 13.8 Å². The predicted molar refractivity (Wildman–Crippen MR) is 90.1 cm³/mol. The number of carbonyl (C=O) groups excluding carboxylic acids is 1. The molecule has 2 aromatic rings. The van der Waals surface area contributed by atoms with E-state index in [4.69, 9.17) is 21.4 Å². The van der Waals surface area contributed by atoms with Gasteiger partial charge in [0.2, 0.25) is 0 Å². The average Bonchev–Trinajstić information content (AvgIpc) is 2.52.